The number of nitrogens with zero attached hydrogens (tertiary/aromatic N) is 2. The van der Waals surface area contributed by atoms with Gasteiger partial charge in [-0.25, -0.2) is 0 Å². The summed E-state index contributed by atoms with van der Waals surface area (Å²) < 4.78 is 7.39. The van der Waals surface area contributed by atoms with E-state index in [2.05, 4.69) is 23.4 Å². The van der Waals surface area contributed by atoms with E-state index in [4.69, 9.17) is 16.3 Å². The monoisotopic (exact) mass is 293 g/mol. The number of hydrogen-bond acceptors (Lipinski definition) is 3. The highest BCUT2D eigenvalue weighted by Gasteiger charge is 2.22. The molecule has 1 atom stereocenters. The van der Waals surface area contributed by atoms with Crippen molar-refractivity contribution in [1.29, 1.82) is 0 Å². The Kier molecular flexibility index (Phi) is 4.68. The maximum absolute atomic E-state index is 6.11. The van der Waals surface area contributed by atoms with Crippen LogP contribution in [0.3, 0.4) is 0 Å². The topological polar surface area (TPSA) is 39.1 Å². The average molecular weight is 294 g/mol. The van der Waals surface area contributed by atoms with Gasteiger partial charge in [0.2, 0.25) is 0 Å². The number of halogens is 1. The lowest BCUT2D eigenvalue weighted by molar-refractivity contribution is 0.401. The molecule has 1 aromatic carbocycles. The normalized spacial score (nSPS) is 12.4. The molecule has 1 aromatic heterocycles. The summed E-state index contributed by atoms with van der Waals surface area (Å²) in [5.41, 5.74) is 3.23. The zero-order valence-electron chi connectivity index (χ0n) is 12.3. The second-order valence-electron chi connectivity index (χ2n) is 4.64. The Labute approximate surface area is 124 Å². The second-order valence-corrected chi connectivity index (χ2v) is 5.05. The standard InChI is InChI=1S/C15H20ClN3O/c1-5-19-15(13(20-4)9-18-19)14(17-3)11-6-7-12(16)10(2)8-11/h6-9,14,17H,5H2,1-4H3. The van der Waals surface area contributed by atoms with Gasteiger partial charge in [-0.05, 0) is 38.1 Å². The SMILES string of the molecule is CCn1ncc(OC)c1C(NC)c1ccc(Cl)c(C)c1. The van der Waals surface area contributed by atoms with Crippen molar-refractivity contribution in [3.8, 4) is 5.75 Å². The number of benzene rings is 1. The molecule has 0 spiro atoms. The maximum Gasteiger partial charge on any atom is 0.161 e. The summed E-state index contributed by atoms with van der Waals surface area (Å²) in [7, 11) is 3.60. The number of ether oxygens (including phenoxy) is 1. The van der Waals surface area contributed by atoms with Crippen LogP contribution in [-0.4, -0.2) is 23.9 Å². The van der Waals surface area contributed by atoms with Crippen molar-refractivity contribution in [1.82, 2.24) is 15.1 Å². The molecular formula is C15H20ClN3O. The Morgan fingerprint density at radius 2 is 2.20 bits per heavy atom. The molecule has 0 aliphatic carbocycles. The highest BCUT2D eigenvalue weighted by Crippen LogP contribution is 2.31. The van der Waals surface area contributed by atoms with Crippen LogP contribution in [0, 0.1) is 6.92 Å². The van der Waals surface area contributed by atoms with Crippen molar-refractivity contribution in [2.24, 2.45) is 0 Å². The number of hydrogen-bond donors (Lipinski definition) is 1. The third kappa shape index (κ3) is 2.67. The average Bonchev–Trinajstić information content (AvgIpc) is 2.86. The van der Waals surface area contributed by atoms with Gasteiger partial charge < -0.3 is 10.1 Å². The van der Waals surface area contributed by atoms with Gasteiger partial charge in [-0.1, -0.05) is 23.7 Å². The molecule has 0 fully saturated rings. The van der Waals surface area contributed by atoms with E-state index < -0.39 is 0 Å². The van der Waals surface area contributed by atoms with Crippen molar-refractivity contribution in [3.63, 3.8) is 0 Å². The minimum atomic E-state index is 0.0170. The zero-order chi connectivity index (χ0) is 14.7. The number of nitrogens with one attached hydrogen (secondary N) is 1. The van der Waals surface area contributed by atoms with E-state index in [0.29, 0.717) is 0 Å². The number of aryl methyl sites for hydroxylation is 2. The predicted molar refractivity (Wildman–Crippen MR) is 81.5 cm³/mol. The largest absolute Gasteiger partial charge is 0.493 e. The Balaban J connectivity index is 2.51. The summed E-state index contributed by atoms with van der Waals surface area (Å²) >= 11 is 6.11. The van der Waals surface area contributed by atoms with Gasteiger partial charge in [0, 0.05) is 11.6 Å². The molecule has 0 bridgehead atoms. The highest BCUT2D eigenvalue weighted by molar-refractivity contribution is 6.31. The summed E-state index contributed by atoms with van der Waals surface area (Å²) in [6.45, 7) is 4.87. The Bertz CT molecular complexity index is 573. The Hall–Kier alpha value is -1.52. The first kappa shape index (κ1) is 14.9. The lowest BCUT2D eigenvalue weighted by Gasteiger charge is -2.20. The van der Waals surface area contributed by atoms with E-state index >= 15 is 0 Å². The predicted octanol–water partition coefficient (Wildman–Crippen LogP) is 3.18. The summed E-state index contributed by atoms with van der Waals surface area (Å²) in [5.74, 6) is 0.791. The smallest absolute Gasteiger partial charge is 0.161 e. The van der Waals surface area contributed by atoms with E-state index in [1.54, 1.807) is 13.3 Å². The minimum absolute atomic E-state index is 0.0170. The van der Waals surface area contributed by atoms with Crippen LogP contribution in [0.5, 0.6) is 5.75 Å². The van der Waals surface area contributed by atoms with E-state index in [9.17, 15) is 0 Å². The third-order valence-corrected chi connectivity index (χ3v) is 3.87. The number of rotatable bonds is 5. The van der Waals surface area contributed by atoms with Crippen LogP contribution in [0.1, 0.15) is 29.8 Å². The molecular weight excluding hydrogens is 274 g/mol. The van der Waals surface area contributed by atoms with Crippen LogP contribution in [0.2, 0.25) is 5.02 Å². The van der Waals surface area contributed by atoms with Gasteiger partial charge in [0.1, 0.15) is 5.69 Å². The van der Waals surface area contributed by atoms with E-state index in [0.717, 1.165) is 34.1 Å². The molecule has 108 valence electrons. The van der Waals surface area contributed by atoms with Gasteiger partial charge in [-0.15, -0.1) is 0 Å². The summed E-state index contributed by atoms with van der Waals surface area (Å²) in [5, 5.41) is 8.48. The molecule has 1 unspecified atom stereocenters. The van der Waals surface area contributed by atoms with Gasteiger partial charge in [0.05, 0.1) is 19.3 Å². The Morgan fingerprint density at radius 1 is 1.45 bits per heavy atom. The fraction of sp³-hybridized carbons (Fsp3) is 0.400. The molecule has 5 heteroatoms. The molecule has 0 aliphatic heterocycles. The minimum Gasteiger partial charge on any atom is -0.493 e. The highest BCUT2D eigenvalue weighted by atomic mass is 35.5. The molecule has 0 radical (unpaired) electrons. The first-order chi connectivity index (χ1) is 9.62. The molecule has 2 rings (SSSR count). The fourth-order valence-corrected chi connectivity index (χ4v) is 2.50. The van der Waals surface area contributed by atoms with Crippen LogP contribution < -0.4 is 10.1 Å². The van der Waals surface area contributed by atoms with Crippen molar-refractivity contribution < 1.29 is 4.74 Å². The quantitative estimate of drug-likeness (QED) is 0.920. The Morgan fingerprint density at radius 3 is 2.75 bits per heavy atom. The third-order valence-electron chi connectivity index (χ3n) is 3.44. The molecule has 4 nitrogen and oxygen atoms in total. The molecule has 20 heavy (non-hydrogen) atoms. The molecule has 2 aromatic rings. The fourth-order valence-electron chi connectivity index (χ4n) is 2.39. The van der Waals surface area contributed by atoms with Crippen LogP contribution in [0.15, 0.2) is 24.4 Å². The molecule has 0 saturated carbocycles. The summed E-state index contributed by atoms with van der Waals surface area (Å²) in [6, 6.07) is 6.07. The van der Waals surface area contributed by atoms with E-state index in [1.165, 1.54) is 0 Å². The van der Waals surface area contributed by atoms with Gasteiger partial charge in [-0.3, -0.25) is 4.68 Å². The number of methoxy groups -OCH3 is 1. The van der Waals surface area contributed by atoms with Crippen LogP contribution in [-0.2, 0) is 6.54 Å². The second kappa shape index (κ2) is 6.29. The molecule has 0 aliphatic rings. The van der Waals surface area contributed by atoms with E-state index in [-0.39, 0.29) is 6.04 Å². The lowest BCUT2D eigenvalue weighted by Crippen LogP contribution is -2.22. The van der Waals surface area contributed by atoms with Crippen molar-refractivity contribution >= 4 is 11.6 Å². The van der Waals surface area contributed by atoms with Crippen LogP contribution >= 0.6 is 11.6 Å². The molecule has 1 N–H and O–H groups in total. The first-order valence-corrected chi connectivity index (χ1v) is 7.03. The van der Waals surface area contributed by atoms with Crippen LogP contribution in [0.25, 0.3) is 0 Å². The van der Waals surface area contributed by atoms with E-state index in [1.807, 2.05) is 30.8 Å². The molecule has 0 amide bonds. The van der Waals surface area contributed by atoms with Crippen molar-refractivity contribution in [2.75, 3.05) is 14.2 Å². The first-order valence-electron chi connectivity index (χ1n) is 6.65. The molecule has 0 saturated heterocycles. The lowest BCUT2D eigenvalue weighted by atomic mass is 10.0. The summed E-state index contributed by atoms with van der Waals surface area (Å²) in [4.78, 5) is 0. The maximum atomic E-state index is 6.11. The van der Waals surface area contributed by atoms with Crippen molar-refractivity contribution in [3.05, 3.63) is 46.2 Å². The van der Waals surface area contributed by atoms with Gasteiger partial charge in [0.25, 0.3) is 0 Å². The zero-order valence-corrected chi connectivity index (χ0v) is 13.0. The molecule has 1 heterocycles. The van der Waals surface area contributed by atoms with Crippen LogP contribution in [0.4, 0.5) is 0 Å². The van der Waals surface area contributed by atoms with Crippen molar-refractivity contribution in [2.45, 2.75) is 26.4 Å². The summed E-state index contributed by atoms with van der Waals surface area (Å²) in [6.07, 6.45) is 1.76. The van der Waals surface area contributed by atoms with Gasteiger partial charge in [-0.2, -0.15) is 5.10 Å². The van der Waals surface area contributed by atoms with Gasteiger partial charge >= 0.3 is 0 Å². The van der Waals surface area contributed by atoms with Gasteiger partial charge in [0.15, 0.2) is 5.75 Å². The number of aromatic nitrogens is 2.